The molecule has 0 aliphatic carbocycles. The number of hydrogen-bond acceptors (Lipinski definition) is 5. The Hall–Kier alpha value is -2.41. The van der Waals surface area contributed by atoms with E-state index >= 15 is 0 Å². The maximum absolute atomic E-state index is 12.4. The lowest BCUT2D eigenvalue weighted by molar-refractivity contribution is 0.0299. The molecular formula is C14H17N5O2. The second kappa shape index (κ2) is 5.53. The summed E-state index contributed by atoms with van der Waals surface area (Å²) >= 11 is 0. The summed E-state index contributed by atoms with van der Waals surface area (Å²) in [5.41, 5.74) is 8.12. The molecule has 1 aliphatic rings. The van der Waals surface area contributed by atoms with Gasteiger partial charge >= 0.3 is 0 Å². The number of ether oxygens (including phenoxy) is 1. The highest BCUT2D eigenvalue weighted by molar-refractivity contribution is 5.96. The van der Waals surface area contributed by atoms with Crippen LogP contribution in [0.25, 0.3) is 5.69 Å². The third-order valence-corrected chi connectivity index (χ3v) is 3.45. The number of amides is 1. The molecule has 1 aliphatic heterocycles. The minimum absolute atomic E-state index is 0.193. The number of benzene rings is 1. The van der Waals surface area contributed by atoms with Gasteiger partial charge in [-0.1, -0.05) is 17.3 Å². The molecule has 3 rings (SSSR count). The van der Waals surface area contributed by atoms with Gasteiger partial charge in [0.05, 0.1) is 18.9 Å². The molecule has 0 bridgehead atoms. The van der Waals surface area contributed by atoms with Crippen LogP contribution in [0.15, 0.2) is 24.3 Å². The molecule has 0 spiro atoms. The summed E-state index contributed by atoms with van der Waals surface area (Å²) in [6.45, 7) is 4.16. The van der Waals surface area contributed by atoms with E-state index in [2.05, 4.69) is 10.3 Å². The number of aryl methyl sites for hydroxylation is 1. The van der Waals surface area contributed by atoms with Crippen LogP contribution in [0.5, 0.6) is 0 Å². The lowest BCUT2D eigenvalue weighted by Gasteiger charge is -2.26. The Morgan fingerprint density at radius 3 is 2.81 bits per heavy atom. The molecule has 110 valence electrons. The first-order chi connectivity index (χ1) is 10.2. The van der Waals surface area contributed by atoms with E-state index in [1.54, 1.807) is 4.90 Å². The van der Waals surface area contributed by atoms with Crippen molar-refractivity contribution in [2.24, 2.45) is 0 Å². The van der Waals surface area contributed by atoms with Crippen molar-refractivity contribution in [1.82, 2.24) is 19.9 Å². The molecule has 2 heterocycles. The van der Waals surface area contributed by atoms with Crippen molar-refractivity contribution in [3.05, 3.63) is 35.5 Å². The van der Waals surface area contributed by atoms with Crippen molar-refractivity contribution in [2.75, 3.05) is 32.0 Å². The highest BCUT2D eigenvalue weighted by Gasteiger charge is 2.25. The summed E-state index contributed by atoms with van der Waals surface area (Å²) < 4.78 is 6.72. The molecule has 0 unspecified atom stereocenters. The number of carbonyl (C=O) groups excluding carboxylic acids is 1. The number of hydrogen-bond donors (Lipinski definition) is 1. The molecule has 1 aromatic heterocycles. The molecule has 0 saturated carbocycles. The Kier molecular flexibility index (Phi) is 3.57. The van der Waals surface area contributed by atoms with E-state index in [4.69, 9.17) is 10.5 Å². The SMILES string of the molecule is Cc1cccc(-n2nnc(C(=O)N3CCOCC3)c2N)c1. The van der Waals surface area contributed by atoms with Crippen LogP contribution in [0.2, 0.25) is 0 Å². The zero-order chi connectivity index (χ0) is 14.8. The number of nitrogens with zero attached hydrogens (tertiary/aromatic N) is 4. The second-order valence-corrected chi connectivity index (χ2v) is 4.98. The number of anilines is 1. The average molecular weight is 287 g/mol. The van der Waals surface area contributed by atoms with Gasteiger partial charge in [0.25, 0.3) is 5.91 Å². The van der Waals surface area contributed by atoms with Crippen molar-refractivity contribution in [3.63, 3.8) is 0 Å². The topological polar surface area (TPSA) is 86.3 Å². The smallest absolute Gasteiger partial charge is 0.278 e. The first-order valence-corrected chi connectivity index (χ1v) is 6.82. The van der Waals surface area contributed by atoms with E-state index in [9.17, 15) is 4.79 Å². The monoisotopic (exact) mass is 287 g/mol. The van der Waals surface area contributed by atoms with E-state index < -0.39 is 0 Å². The van der Waals surface area contributed by atoms with E-state index in [-0.39, 0.29) is 17.4 Å². The standard InChI is InChI=1S/C14H17N5O2/c1-10-3-2-4-11(9-10)19-13(15)12(16-17-19)14(20)18-5-7-21-8-6-18/h2-4,9H,5-8,15H2,1H3. The first-order valence-electron chi connectivity index (χ1n) is 6.82. The number of morpholine rings is 1. The Bertz CT molecular complexity index is 661. The highest BCUT2D eigenvalue weighted by atomic mass is 16.5. The van der Waals surface area contributed by atoms with Crippen LogP contribution in [0.3, 0.4) is 0 Å². The van der Waals surface area contributed by atoms with Gasteiger partial charge in [-0.2, -0.15) is 4.68 Å². The maximum Gasteiger partial charge on any atom is 0.278 e. The molecule has 7 nitrogen and oxygen atoms in total. The number of nitrogens with two attached hydrogens (primary N) is 1. The molecule has 21 heavy (non-hydrogen) atoms. The fraction of sp³-hybridized carbons (Fsp3) is 0.357. The van der Waals surface area contributed by atoms with Crippen molar-refractivity contribution in [2.45, 2.75) is 6.92 Å². The molecule has 1 aromatic carbocycles. The van der Waals surface area contributed by atoms with Crippen molar-refractivity contribution in [1.29, 1.82) is 0 Å². The summed E-state index contributed by atoms with van der Waals surface area (Å²) in [5, 5.41) is 7.96. The first kappa shape index (κ1) is 13.6. The fourth-order valence-corrected chi connectivity index (χ4v) is 2.31. The number of aromatic nitrogens is 3. The van der Waals surface area contributed by atoms with E-state index in [1.165, 1.54) is 4.68 Å². The molecule has 7 heteroatoms. The molecule has 2 aromatic rings. The summed E-state index contributed by atoms with van der Waals surface area (Å²) in [7, 11) is 0. The number of rotatable bonds is 2. The predicted molar refractivity (Wildman–Crippen MR) is 77.2 cm³/mol. The Labute approximate surface area is 122 Å². The summed E-state index contributed by atoms with van der Waals surface area (Å²) in [5.74, 6) is 0.0618. The zero-order valence-electron chi connectivity index (χ0n) is 11.8. The van der Waals surface area contributed by atoms with Crippen LogP contribution in [-0.4, -0.2) is 52.1 Å². The normalized spacial score (nSPS) is 15.2. The van der Waals surface area contributed by atoms with Gasteiger partial charge in [-0.05, 0) is 24.6 Å². The lowest BCUT2D eigenvalue weighted by Crippen LogP contribution is -2.41. The summed E-state index contributed by atoms with van der Waals surface area (Å²) in [6, 6.07) is 7.71. The van der Waals surface area contributed by atoms with Crippen LogP contribution >= 0.6 is 0 Å². The average Bonchev–Trinajstić information content (AvgIpc) is 2.89. The van der Waals surface area contributed by atoms with Crippen LogP contribution in [0.1, 0.15) is 16.1 Å². The van der Waals surface area contributed by atoms with Crippen molar-refractivity contribution in [3.8, 4) is 5.69 Å². The van der Waals surface area contributed by atoms with Gasteiger partial charge in [-0.3, -0.25) is 4.79 Å². The van der Waals surface area contributed by atoms with Gasteiger partial charge in [0.1, 0.15) is 0 Å². The Balaban J connectivity index is 1.90. The molecule has 2 N–H and O–H groups in total. The number of carbonyl (C=O) groups is 1. The van der Waals surface area contributed by atoms with E-state index in [0.717, 1.165) is 11.3 Å². The zero-order valence-corrected chi connectivity index (χ0v) is 11.8. The molecule has 0 atom stereocenters. The van der Waals surface area contributed by atoms with Crippen LogP contribution in [0.4, 0.5) is 5.82 Å². The fourth-order valence-electron chi connectivity index (χ4n) is 2.31. The van der Waals surface area contributed by atoms with Crippen molar-refractivity contribution >= 4 is 11.7 Å². The van der Waals surface area contributed by atoms with Crippen LogP contribution in [-0.2, 0) is 4.74 Å². The van der Waals surface area contributed by atoms with Gasteiger partial charge < -0.3 is 15.4 Å². The largest absolute Gasteiger partial charge is 0.382 e. The minimum Gasteiger partial charge on any atom is -0.382 e. The third-order valence-electron chi connectivity index (χ3n) is 3.45. The second-order valence-electron chi connectivity index (χ2n) is 4.98. The van der Waals surface area contributed by atoms with Crippen LogP contribution < -0.4 is 5.73 Å². The number of nitrogen functional groups attached to an aromatic ring is 1. The molecule has 0 radical (unpaired) electrons. The maximum atomic E-state index is 12.4. The van der Waals surface area contributed by atoms with Gasteiger partial charge in [-0.15, -0.1) is 5.10 Å². The third kappa shape index (κ3) is 2.59. The highest BCUT2D eigenvalue weighted by Crippen LogP contribution is 2.17. The minimum atomic E-state index is -0.199. The molecule has 1 amide bonds. The summed E-state index contributed by atoms with van der Waals surface area (Å²) in [4.78, 5) is 14.1. The Morgan fingerprint density at radius 2 is 2.10 bits per heavy atom. The lowest BCUT2D eigenvalue weighted by atomic mass is 10.2. The predicted octanol–water partition coefficient (Wildman–Crippen LogP) is 0.630. The van der Waals surface area contributed by atoms with Gasteiger partial charge in [-0.25, -0.2) is 0 Å². The van der Waals surface area contributed by atoms with Crippen LogP contribution in [0, 0.1) is 6.92 Å². The van der Waals surface area contributed by atoms with Gasteiger partial charge in [0, 0.05) is 13.1 Å². The Morgan fingerprint density at radius 1 is 1.33 bits per heavy atom. The quantitative estimate of drug-likeness (QED) is 0.875. The van der Waals surface area contributed by atoms with E-state index in [0.29, 0.717) is 26.3 Å². The molecular weight excluding hydrogens is 270 g/mol. The van der Waals surface area contributed by atoms with Gasteiger partial charge in [0.2, 0.25) is 0 Å². The van der Waals surface area contributed by atoms with Gasteiger partial charge in [0.15, 0.2) is 11.5 Å². The molecule has 1 saturated heterocycles. The van der Waals surface area contributed by atoms with Crippen molar-refractivity contribution < 1.29 is 9.53 Å². The summed E-state index contributed by atoms with van der Waals surface area (Å²) in [6.07, 6.45) is 0. The molecule has 1 fully saturated rings. The van der Waals surface area contributed by atoms with E-state index in [1.807, 2.05) is 31.2 Å².